The Bertz CT molecular complexity index is 538. The van der Waals surface area contributed by atoms with Gasteiger partial charge in [-0.2, -0.15) is 0 Å². The number of thiazole rings is 1. The monoisotopic (exact) mass is 261 g/mol. The zero-order chi connectivity index (χ0) is 12.6. The van der Waals surface area contributed by atoms with Crippen LogP contribution in [0.25, 0.3) is 11.3 Å². The SMILES string of the molecule is CC1(c2nc(-c3ccc(F)cc3)cs2)CCCC1. The fourth-order valence-corrected chi connectivity index (χ4v) is 3.73. The number of hydrogen-bond acceptors (Lipinski definition) is 2. The summed E-state index contributed by atoms with van der Waals surface area (Å²) in [6, 6.07) is 6.58. The van der Waals surface area contributed by atoms with Crippen molar-refractivity contribution >= 4 is 11.3 Å². The van der Waals surface area contributed by atoms with Gasteiger partial charge in [-0.15, -0.1) is 11.3 Å². The molecule has 1 nitrogen and oxygen atoms in total. The van der Waals surface area contributed by atoms with Gasteiger partial charge in [-0.1, -0.05) is 19.8 Å². The van der Waals surface area contributed by atoms with Crippen LogP contribution in [0.1, 0.15) is 37.6 Å². The fourth-order valence-electron chi connectivity index (χ4n) is 2.67. The van der Waals surface area contributed by atoms with Crippen LogP contribution in [0.4, 0.5) is 4.39 Å². The molecule has 0 bridgehead atoms. The Morgan fingerprint density at radius 2 is 1.83 bits per heavy atom. The van der Waals surface area contributed by atoms with Crippen LogP contribution in [0.2, 0.25) is 0 Å². The molecule has 0 spiro atoms. The van der Waals surface area contributed by atoms with Gasteiger partial charge in [0.15, 0.2) is 0 Å². The summed E-state index contributed by atoms with van der Waals surface area (Å²) in [5.41, 5.74) is 2.24. The van der Waals surface area contributed by atoms with Crippen molar-refractivity contribution < 1.29 is 4.39 Å². The van der Waals surface area contributed by atoms with Gasteiger partial charge in [0, 0.05) is 16.4 Å². The molecule has 2 aromatic rings. The summed E-state index contributed by atoms with van der Waals surface area (Å²) in [5, 5.41) is 3.32. The number of aromatic nitrogens is 1. The van der Waals surface area contributed by atoms with E-state index in [4.69, 9.17) is 4.98 Å². The van der Waals surface area contributed by atoms with E-state index in [1.807, 2.05) is 0 Å². The lowest BCUT2D eigenvalue weighted by molar-refractivity contribution is 0.489. The Labute approximate surface area is 111 Å². The van der Waals surface area contributed by atoms with Gasteiger partial charge in [0.1, 0.15) is 5.82 Å². The second-order valence-corrected chi connectivity index (χ2v) is 6.17. The zero-order valence-electron chi connectivity index (χ0n) is 10.4. The molecule has 3 heteroatoms. The van der Waals surface area contributed by atoms with E-state index < -0.39 is 0 Å². The Kier molecular flexibility index (Phi) is 2.94. The summed E-state index contributed by atoms with van der Waals surface area (Å²) in [6.07, 6.45) is 5.09. The lowest BCUT2D eigenvalue weighted by Crippen LogP contribution is -2.16. The molecule has 0 aliphatic heterocycles. The molecule has 1 aromatic heterocycles. The highest BCUT2D eigenvalue weighted by Gasteiger charge is 2.33. The van der Waals surface area contributed by atoms with Crippen molar-refractivity contribution in [3.8, 4) is 11.3 Å². The van der Waals surface area contributed by atoms with Crippen LogP contribution in [0.3, 0.4) is 0 Å². The van der Waals surface area contributed by atoms with Gasteiger partial charge in [0.25, 0.3) is 0 Å². The maximum atomic E-state index is 12.9. The van der Waals surface area contributed by atoms with E-state index in [1.54, 1.807) is 23.5 Å². The summed E-state index contributed by atoms with van der Waals surface area (Å²) < 4.78 is 12.9. The van der Waals surface area contributed by atoms with Gasteiger partial charge in [-0.05, 0) is 37.1 Å². The lowest BCUT2D eigenvalue weighted by Gasteiger charge is -2.19. The Hall–Kier alpha value is -1.22. The van der Waals surface area contributed by atoms with E-state index >= 15 is 0 Å². The first-order valence-electron chi connectivity index (χ1n) is 6.39. The number of benzene rings is 1. The molecule has 1 fully saturated rings. The number of rotatable bonds is 2. The molecule has 1 aromatic carbocycles. The van der Waals surface area contributed by atoms with E-state index in [2.05, 4.69) is 12.3 Å². The largest absolute Gasteiger partial charge is 0.241 e. The van der Waals surface area contributed by atoms with Crippen molar-refractivity contribution in [1.82, 2.24) is 4.98 Å². The molecule has 0 radical (unpaired) electrons. The molecule has 0 atom stereocenters. The van der Waals surface area contributed by atoms with Crippen molar-refractivity contribution in [2.24, 2.45) is 0 Å². The van der Waals surface area contributed by atoms with Crippen molar-refractivity contribution in [3.63, 3.8) is 0 Å². The minimum absolute atomic E-state index is 0.197. The van der Waals surface area contributed by atoms with Crippen LogP contribution in [0.15, 0.2) is 29.6 Å². The maximum absolute atomic E-state index is 12.9. The van der Waals surface area contributed by atoms with E-state index in [-0.39, 0.29) is 11.2 Å². The topological polar surface area (TPSA) is 12.9 Å². The van der Waals surface area contributed by atoms with Crippen molar-refractivity contribution in [3.05, 3.63) is 40.5 Å². The van der Waals surface area contributed by atoms with Gasteiger partial charge in [-0.3, -0.25) is 0 Å². The standard InChI is InChI=1S/C15H16FNS/c1-15(8-2-3-9-15)14-17-13(10-18-14)11-4-6-12(16)7-5-11/h4-7,10H,2-3,8-9H2,1H3. The minimum atomic E-state index is -0.197. The molecule has 0 unspecified atom stereocenters. The average Bonchev–Trinajstić information content (AvgIpc) is 2.99. The molecule has 1 aliphatic rings. The zero-order valence-corrected chi connectivity index (χ0v) is 11.3. The van der Waals surface area contributed by atoms with Crippen LogP contribution in [-0.2, 0) is 5.41 Å². The van der Waals surface area contributed by atoms with Gasteiger partial charge in [0.05, 0.1) is 10.7 Å². The molecule has 1 heterocycles. The molecule has 18 heavy (non-hydrogen) atoms. The first-order valence-corrected chi connectivity index (χ1v) is 7.27. The quantitative estimate of drug-likeness (QED) is 0.758. The first kappa shape index (κ1) is 11.8. The highest BCUT2D eigenvalue weighted by molar-refractivity contribution is 7.10. The van der Waals surface area contributed by atoms with Crippen LogP contribution in [-0.4, -0.2) is 4.98 Å². The van der Waals surface area contributed by atoms with Crippen molar-refractivity contribution in [1.29, 1.82) is 0 Å². The smallest absolute Gasteiger partial charge is 0.123 e. The summed E-state index contributed by atoms with van der Waals surface area (Å²) in [7, 11) is 0. The highest BCUT2D eigenvalue weighted by atomic mass is 32.1. The number of nitrogens with zero attached hydrogens (tertiary/aromatic N) is 1. The van der Waals surface area contributed by atoms with Crippen molar-refractivity contribution in [2.45, 2.75) is 38.0 Å². The summed E-state index contributed by atoms with van der Waals surface area (Å²) >= 11 is 1.74. The molecule has 0 amide bonds. The number of hydrogen-bond donors (Lipinski definition) is 0. The lowest BCUT2D eigenvalue weighted by atomic mass is 9.90. The second-order valence-electron chi connectivity index (χ2n) is 5.31. The van der Waals surface area contributed by atoms with Crippen molar-refractivity contribution in [2.75, 3.05) is 0 Å². The van der Waals surface area contributed by atoms with Crippen LogP contribution in [0, 0.1) is 5.82 Å². The minimum Gasteiger partial charge on any atom is -0.241 e. The predicted octanol–water partition coefficient (Wildman–Crippen LogP) is 4.78. The summed E-state index contributed by atoms with van der Waals surface area (Å²) in [6.45, 7) is 2.31. The Morgan fingerprint density at radius 3 is 2.50 bits per heavy atom. The normalized spacial score (nSPS) is 18.1. The van der Waals surface area contributed by atoms with E-state index in [9.17, 15) is 4.39 Å². The Morgan fingerprint density at radius 1 is 1.17 bits per heavy atom. The molecule has 0 N–H and O–H groups in total. The summed E-state index contributed by atoms with van der Waals surface area (Å²) in [4.78, 5) is 4.76. The van der Waals surface area contributed by atoms with Gasteiger partial charge in [-0.25, -0.2) is 9.37 Å². The van der Waals surface area contributed by atoms with Crippen LogP contribution >= 0.6 is 11.3 Å². The maximum Gasteiger partial charge on any atom is 0.123 e. The molecule has 94 valence electrons. The average molecular weight is 261 g/mol. The molecule has 0 saturated heterocycles. The third kappa shape index (κ3) is 2.07. The van der Waals surface area contributed by atoms with E-state index in [1.165, 1.54) is 42.8 Å². The Balaban J connectivity index is 1.91. The first-order chi connectivity index (χ1) is 8.67. The van der Waals surface area contributed by atoms with Gasteiger partial charge < -0.3 is 0 Å². The molecule has 1 aliphatic carbocycles. The molecule has 1 saturated carbocycles. The highest BCUT2D eigenvalue weighted by Crippen LogP contribution is 2.42. The van der Waals surface area contributed by atoms with E-state index in [0.717, 1.165) is 11.3 Å². The predicted molar refractivity (Wildman–Crippen MR) is 73.3 cm³/mol. The third-order valence-electron chi connectivity index (χ3n) is 3.87. The summed E-state index contributed by atoms with van der Waals surface area (Å²) in [5.74, 6) is -0.197. The van der Waals surface area contributed by atoms with Gasteiger partial charge >= 0.3 is 0 Å². The fraction of sp³-hybridized carbons (Fsp3) is 0.400. The van der Waals surface area contributed by atoms with E-state index in [0.29, 0.717) is 0 Å². The molecular weight excluding hydrogens is 245 g/mol. The molecule has 3 rings (SSSR count). The molecular formula is C15H16FNS. The van der Waals surface area contributed by atoms with Crippen LogP contribution in [0.5, 0.6) is 0 Å². The third-order valence-corrected chi connectivity index (χ3v) is 5.02. The second kappa shape index (κ2) is 4.47. The van der Waals surface area contributed by atoms with Gasteiger partial charge in [0.2, 0.25) is 0 Å². The van der Waals surface area contributed by atoms with Crippen LogP contribution < -0.4 is 0 Å². The number of halogens is 1.